The van der Waals surface area contributed by atoms with E-state index in [0.29, 0.717) is 12.2 Å². The summed E-state index contributed by atoms with van der Waals surface area (Å²) in [5.41, 5.74) is 0.493. The maximum atomic E-state index is 10.7. The van der Waals surface area contributed by atoms with Crippen LogP contribution in [-0.4, -0.2) is 12.6 Å². The molecule has 1 radical (unpaired) electrons. The van der Waals surface area contributed by atoms with Crippen LogP contribution in [0.5, 0.6) is 0 Å². The Bertz CT molecular complexity index is 449. The fourth-order valence-corrected chi connectivity index (χ4v) is 1.58. The third-order valence-electron chi connectivity index (χ3n) is 2.48. The first kappa shape index (κ1) is 63.4. The second kappa shape index (κ2) is 125. The molecule has 1 aliphatic heterocycles. The van der Waals surface area contributed by atoms with Gasteiger partial charge in [-0.3, -0.25) is 0 Å². The van der Waals surface area contributed by atoms with Crippen LogP contribution in [0.2, 0.25) is 0 Å². The van der Waals surface area contributed by atoms with E-state index < -0.39 is 0 Å². The van der Waals surface area contributed by atoms with Gasteiger partial charge >= 0.3 is 120 Å². The van der Waals surface area contributed by atoms with E-state index in [0.717, 1.165) is 12.8 Å². The van der Waals surface area contributed by atoms with Gasteiger partial charge in [-0.05, 0) is 6.42 Å². The Morgan fingerprint density at radius 1 is 0.667 bits per heavy atom. The molecule has 13 heteroatoms. The first-order chi connectivity index (χ1) is 15.8. The molecule has 0 saturated heterocycles. The van der Waals surface area contributed by atoms with Crippen molar-refractivity contribution in [1.82, 2.24) is 0 Å². The molecule has 1 heterocycles. The Hall–Kier alpha value is -1.30. The van der Waals surface area contributed by atoms with Crippen molar-refractivity contribution in [3.05, 3.63) is 71.8 Å². The van der Waals surface area contributed by atoms with E-state index in [1.807, 2.05) is 6.08 Å². The number of carbonyl (C=O) groups is 1. The van der Waals surface area contributed by atoms with Gasteiger partial charge in [0, 0.05) is 16.8 Å². The molecule has 33 heavy (non-hydrogen) atoms. The van der Waals surface area contributed by atoms with Crippen LogP contribution in [0, 0.1) is 60.1 Å². The van der Waals surface area contributed by atoms with E-state index in [2.05, 4.69) is 72.7 Å². The summed E-state index contributed by atoms with van der Waals surface area (Å²) in [6, 6.07) is 0. The standard InChI is InChI=1S/C7H9O2.C5H10.8CO.2Co.W/c1-6-4-2-3-5-9-7(6)8;1-2-4-5-3-1;8*1-2;;;/h4H,1-3,5H2;1-5H2;;;;;;;;;;;/q-1;;;;;;;;;;;;. The van der Waals surface area contributed by atoms with Gasteiger partial charge in [-0.1, -0.05) is 38.5 Å². The van der Waals surface area contributed by atoms with Gasteiger partial charge in [0.15, 0.2) is 0 Å². The molecule has 0 unspecified atom stereocenters. The Balaban J connectivity index is -0.0000000243. The molecule has 10 nitrogen and oxygen atoms in total. The fraction of sp³-hybridized carbons (Fsp3) is 0.400. The van der Waals surface area contributed by atoms with Crippen LogP contribution in [-0.2, 0) is 93.3 Å². The minimum absolute atomic E-state index is 0. The molecule has 0 amide bonds. The summed E-state index contributed by atoms with van der Waals surface area (Å²) in [5, 5.41) is 0. The summed E-state index contributed by atoms with van der Waals surface area (Å²) in [5.74, 6) is -0.271. The molecule has 1 saturated carbocycles. The molecule has 184 valence electrons. The maximum absolute atomic E-state index is 10.7. The Morgan fingerprint density at radius 2 is 0.909 bits per heavy atom. The van der Waals surface area contributed by atoms with E-state index in [4.69, 9.17) is 42.0 Å². The average molecular weight is 721 g/mol. The third-order valence-corrected chi connectivity index (χ3v) is 2.48. The molecule has 0 bridgehead atoms. The molecule has 0 aromatic rings. The summed E-state index contributed by atoms with van der Waals surface area (Å²) < 4.78 is 64.7. The topological polar surface area (TPSA) is 186 Å². The summed E-state index contributed by atoms with van der Waals surface area (Å²) in [4.78, 5) is 10.7. The predicted molar refractivity (Wildman–Crippen MR) is 88.2 cm³/mol. The van der Waals surface area contributed by atoms with E-state index >= 15 is 0 Å². The van der Waals surface area contributed by atoms with E-state index in [9.17, 15) is 4.79 Å². The van der Waals surface area contributed by atoms with Crippen LogP contribution in [0.4, 0.5) is 0 Å². The van der Waals surface area contributed by atoms with Gasteiger partial charge in [-0.15, -0.1) is 5.57 Å². The number of allylic oxidation sites excluding steroid dienone is 1. The number of hydrogen-bond acceptors (Lipinski definition) is 2. The van der Waals surface area contributed by atoms with Gasteiger partial charge in [0.1, 0.15) is 0 Å². The van der Waals surface area contributed by atoms with Crippen molar-refractivity contribution in [2.24, 2.45) is 0 Å². The fourth-order valence-electron chi connectivity index (χ4n) is 1.58. The van der Waals surface area contributed by atoms with Crippen molar-refractivity contribution in [3.63, 3.8) is 0 Å². The summed E-state index contributed by atoms with van der Waals surface area (Å²) in [7, 11) is 0. The van der Waals surface area contributed by atoms with E-state index in [-0.39, 0.29) is 22.7 Å². The van der Waals surface area contributed by atoms with Gasteiger partial charge in [0.2, 0.25) is 5.97 Å². The quantitative estimate of drug-likeness (QED) is 0.212. The molecule has 2 aliphatic rings. The second-order valence-electron chi connectivity index (χ2n) is 3.78. The van der Waals surface area contributed by atoms with Crippen molar-refractivity contribution < 1.29 is 93.3 Å². The summed E-state index contributed by atoms with van der Waals surface area (Å²) >= 11 is 4.92. The van der Waals surface area contributed by atoms with Crippen molar-refractivity contribution in [2.45, 2.75) is 44.9 Å². The Morgan fingerprint density at radius 3 is 1.15 bits per heavy atom. The molecular formula is C20H19Co2O10W-. The van der Waals surface area contributed by atoms with Gasteiger partial charge in [0.25, 0.3) is 0 Å². The molecule has 1 aliphatic carbocycles. The van der Waals surface area contributed by atoms with Gasteiger partial charge in [-0.2, -0.15) is 13.0 Å². The average Bonchev–Trinajstić information content (AvgIpc) is 3.49. The Labute approximate surface area is 221 Å². The van der Waals surface area contributed by atoms with Crippen LogP contribution < -0.4 is 0 Å². The number of carbonyl (C=O) groups excluding carboxylic acids is 1. The normalized spacial score (nSPS) is 9.73. The van der Waals surface area contributed by atoms with Crippen molar-refractivity contribution in [2.75, 3.05) is 6.61 Å². The molecule has 0 N–H and O–H groups in total. The van der Waals surface area contributed by atoms with Crippen LogP contribution >= 0.6 is 0 Å². The van der Waals surface area contributed by atoms with Crippen LogP contribution in [0.1, 0.15) is 44.9 Å². The van der Waals surface area contributed by atoms with Gasteiger partial charge < -0.3 is 9.53 Å². The molecule has 0 atom stereocenters. The van der Waals surface area contributed by atoms with E-state index in [1.54, 1.807) is 0 Å². The first-order valence-electron chi connectivity index (χ1n) is 7.27. The number of hydrogen-bond donors (Lipinski definition) is 0. The molecule has 0 spiro atoms. The third kappa shape index (κ3) is 103. The number of ether oxygens (including phenoxy) is 1. The zero-order valence-electron chi connectivity index (χ0n) is 17.1. The molecule has 1 fully saturated rings. The monoisotopic (exact) mass is 721 g/mol. The summed E-state index contributed by atoms with van der Waals surface area (Å²) in [6.45, 7) is 40.1. The van der Waals surface area contributed by atoms with Crippen LogP contribution in [0.15, 0.2) is 11.6 Å². The molecule has 0 aromatic carbocycles. The zero-order valence-corrected chi connectivity index (χ0v) is 22.1. The second-order valence-corrected chi connectivity index (χ2v) is 3.78. The van der Waals surface area contributed by atoms with Gasteiger partial charge in [0.05, 0.1) is 6.61 Å². The van der Waals surface area contributed by atoms with Crippen LogP contribution in [0.25, 0.3) is 0 Å². The van der Waals surface area contributed by atoms with Crippen molar-refractivity contribution >= 4 is 5.97 Å². The molecule has 2 rings (SSSR count). The zero-order chi connectivity index (χ0) is 28.2. The SMILES string of the molecule is C1CCCC1.[C-]#[O+].[C-]#[O+].[C-]#[O+].[C-]#[O+].[C-]#[O+].[C-]#[O+].[C-]#[O+].[C-]#[O+].[CH2-]C1=CCCCOC1=O.[Co].[Co]=[W]. The Kier molecular flexibility index (Phi) is 241. The predicted octanol–water partition coefficient (Wildman–Crippen LogP) is 2.73. The van der Waals surface area contributed by atoms with Gasteiger partial charge in [-0.25, -0.2) is 0 Å². The number of esters is 1. The van der Waals surface area contributed by atoms with Crippen molar-refractivity contribution in [1.29, 1.82) is 0 Å². The molecule has 0 aromatic heterocycles. The van der Waals surface area contributed by atoms with Crippen molar-refractivity contribution in [3.8, 4) is 0 Å². The van der Waals surface area contributed by atoms with E-state index in [1.165, 1.54) is 49.3 Å². The van der Waals surface area contributed by atoms with Crippen LogP contribution in [0.3, 0.4) is 0 Å². The summed E-state index contributed by atoms with van der Waals surface area (Å²) in [6.07, 6.45) is 11.1. The number of rotatable bonds is 0. The number of cyclic esters (lactones) is 1. The minimum atomic E-state index is -0.271. The first-order valence-corrected chi connectivity index (χ1v) is 11.7. The molecular weight excluding hydrogens is 702 g/mol.